The fourth-order valence-electron chi connectivity index (χ4n) is 2.08. The van der Waals surface area contributed by atoms with E-state index in [9.17, 15) is 9.18 Å². The number of anilines is 1. The summed E-state index contributed by atoms with van der Waals surface area (Å²) in [6, 6.07) is 4.88. The molecule has 1 aromatic rings. The first-order valence-electron chi connectivity index (χ1n) is 7.91. The molecule has 0 spiro atoms. The van der Waals surface area contributed by atoms with Crippen LogP contribution in [0.1, 0.15) is 47.1 Å². The molecular formula is C18H29FN2O2. The molecule has 130 valence electrons. The number of nitrogens with zero attached hydrogens (tertiary/aromatic N) is 1. The molecule has 0 aromatic heterocycles. The first kappa shape index (κ1) is 19.3. The molecular weight excluding hydrogens is 295 g/mol. The SMILES string of the molecule is Cc1cc(NCCN(C(=O)OC(C)(C)C)C(C)(C)C)ccc1F. The van der Waals surface area contributed by atoms with Gasteiger partial charge in [-0.05, 0) is 72.2 Å². The summed E-state index contributed by atoms with van der Waals surface area (Å²) in [4.78, 5) is 14.1. The fourth-order valence-corrected chi connectivity index (χ4v) is 2.08. The van der Waals surface area contributed by atoms with E-state index in [4.69, 9.17) is 4.74 Å². The second-order valence-corrected chi connectivity index (χ2v) is 7.69. The van der Waals surface area contributed by atoms with Crippen molar-refractivity contribution in [2.24, 2.45) is 0 Å². The zero-order chi connectivity index (χ0) is 17.8. The highest BCUT2D eigenvalue weighted by molar-refractivity contribution is 5.69. The van der Waals surface area contributed by atoms with Crippen molar-refractivity contribution in [2.45, 2.75) is 59.6 Å². The first-order chi connectivity index (χ1) is 10.4. The Kier molecular flexibility index (Phi) is 6.03. The topological polar surface area (TPSA) is 41.6 Å². The van der Waals surface area contributed by atoms with Crippen molar-refractivity contribution < 1.29 is 13.9 Å². The maximum atomic E-state index is 13.3. The minimum absolute atomic E-state index is 0.222. The molecule has 0 unspecified atom stereocenters. The Labute approximate surface area is 139 Å². The van der Waals surface area contributed by atoms with Crippen LogP contribution in [-0.4, -0.2) is 35.2 Å². The van der Waals surface area contributed by atoms with Crippen LogP contribution < -0.4 is 5.32 Å². The standard InChI is InChI=1S/C18H29FN2O2/c1-13-12-14(8-9-15(13)19)20-10-11-21(17(2,3)4)16(22)23-18(5,6)7/h8-9,12,20H,10-11H2,1-7H3. The minimum Gasteiger partial charge on any atom is -0.444 e. The van der Waals surface area contributed by atoms with Gasteiger partial charge in [0.25, 0.3) is 0 Å². The molecule has 0 aliphatic heterocycles. The van der Waals surface area contributed by atoms with Crippen LogP contribution in [0.2, 0.25) is 0 Å². The number of nitrogens with one attached hydrogen (secondary N) is 1. The van der Waals surface area contributed by atoms with Crippen molar-refractivity contribution in [3.05, 3.63) is 29.6 Å². The van der Waals surface area contributed by atoms with Gasteiger partial charge in [-0.1, -0.05) is 0 Å². The summed E-state index contributed by atoms with van der Waals surface area (Å²) in [5.41, 5.74) is 0.557. The fraction of sp³-hybridized carbons (Fsp3) is 0.611. The van der Waals surface area contributed by atoms with Gasteiger partial charge in [-0.25, -0.2) is 9.18 Å². The van der Waals surface area contributed by atoms with Crippen molar-refractivity contribution in [2.75, 3.05) is 18.4 Å². The molecule has 0 aliphatic rings. The minimum atomic E-state index is -0.526. The van der Waals surface area contributed by atoms with Gasteiger partial charge >= 0.3 is 6.09 Å². The third kappa shape index (κ3) is 6.47. The van der Waals surface area contributed by atoms with Crippen molar-refractivity contribution in [3.8, 4) is 0 Å². The second kappa shape index (κ2) is 7.20. The summed E-state index contributed by atoms with van der Waals surface area (Å²) in [7, 11) is 0. The number of hydrogen-bond donors (Lipinski definition) is 1. The largest absolute Gasteiger partial charge is 0.444 e. The number of carbonyl (C=O) groups excluding carboxylic acids is 1. The van der Waals surface area contributed by atoms with Crippen molar-refractivity contribution in [1.29, 1.82) is 0 Å². The molecule has 23 heavy (non-hydrogen) atoms. The normalized spacial score (nSPS) is 12.0. The number of benzene rings is 1. The summed E-state index contributed by atoms with van der Waals surface area (Å²) in [5.74, 6) is -0.222. The summed E-state index contributed by atoms with van der Waals surface area (Å²) in [6.45, 7) is 14.2. The Balaban J connectivity index is 2.68. The Morgan fingerprint density at radius 2 is 1.83 bits per heavy atom. The molecule has 0 heterocycles. The highest BCUT2D eigenvalue weighted by Crippen LogP contribution is 2.19. The third-order valence-electron chi connectivity index (χ3n) is 3.25. The van der Waals surface area contributed by atoms with Gasteiger partial charge in [0.1, 0.15) is 11.4 Å². The van der Waals surface area contributed by atoms with E-state index >= 15 is 0 Å². The summed E-state index contributed by atoms with van der Waals surface area (Å²) >= 11 is 0. The van der Waals surface area contributed by atoms with Crippen LogP contribution in [0.25, 0.3) is 0 Å². The Morgan fingerprint density at radius 1 is 1.22 bits per heavy atom. The monoisotopic (exact) mass is 324 g/mol. The average molecular weight is 324 g/mol. The average Bonchev–Trinajstić information content (AvgIpc) is 2.35. The van der Waals surface area contributed by atoms with Gasteiger partial charge in [-0.3, -0.25) is 0 Å². The predicted octanol–water partition coefficient (Wildman–Crippen LogP) is 4.58. The Bertz CT molecular complexity index is 545. The van der Waals surface area contributed by atoms with Crippen molar-refractivity contribution in [3.63, 3.8) is 0 Å². The molecule has 0 saturated heterocycles. The van der Waals surface area contributed by atoms with E-state index in [2.05, 4.69) is 5.32 Å². The molecule has 1 rings (SSSR count). The maximum Gasteiger partial charge on any atom is 0.410 e. The molecule has 1 amide bonds. The molecule has 1 N–H and O–H groups in total. The van der Waals surface area contributed by atoms with Gasteiger partial charge in [0.15, 0.2) is 0 Å². The van der Waals surface area contributed by atoms with Gasteiger partial charge in [0.2, 0.25) is 0 Å². The lowest BCUT2D eigenvalue weighted by atomic mass is 10.1. The van der Waals surface area contributed by atoms with Gasteiger partial charge in [0.05, 0.1) is 0 Å². The second-order valence-electron chi connectivity index (χ2n) is 7.69. The molecule has 5 heteroatoms. The number of carbonyl (C=O) groups is 1. The van der Waals surface area contributed by atoms with Gasteiger partial charge in [-0.15, -0.1) is 0 Å². The van der Waals surface area contributed by atoms with E-state index in [0.29, 0.717) is 18.7 Å². The van der Waals surface area contributed by atoms with E-state index in [1.165, 1.54) is 6.07 Å². The molecule has 0 aliphatic carbocycles. The van der Waals surface area contributed by atoms with Crippen LogP contribution in [0.4, 0.5) is 14.9 Å². The van der Waals surface area contributed by atoms with Crippen LogP contribution in [0.15, 0.2) is 18.2 Å². The van der Waals surface area contributed by atoms with E-state index in [0.717, 1.165) is 5.69 Å². The lowest BCUT2D eigenvalue weighted by molar-refractivity contribution is 0.00749. The Hall–Kier alpha value is -1.78. The zero-order valence-electron chi connectivity index (χ0n) is 15.3. The highest BCUT2D eigenvalue weighted by Gasteiger charge is 2.30. The molecule has 0 bridgehead atoms. The lowest BCUT2D eigenvalue weighted by Gasteiger charge is -2.37. The summed E-state index contributed by atoms with van der Waals surface area (Å²) < 4.78 is 18.7. The van der Waals surface area contributed by atoms with Crippen LogP contribution in [0.5, 0.6) is 0 Å². The number of rotatable bonds is 4. The number of ether oxygens (including phenoxy) is 1. The number of aryl methyl sites for hydroxylation is 1. The Morgan fingerprint density at radius 3 is 2.30 bits per heavy atom. The van der Waals surface area contributed by atoms with E-state index in [1.807, 2.05) is 41.5 Å². The predicted molar refractivity (Wildman–Crippen MR) is 92.3 cm³/mol. The van der Waals surface area contributed by atoms with Crippen LogP contribution >= 0.6 is 0 Å². The summed E-state index contributed by atoms with van der Waals surface area (Å²) in [6.07, 6.45) is -0.331. The van der Waals surface area contributed by atoms with Crippen molar-refractivity contribution >= 4 is 11.8 Å². The zero-order valence-corrected chi connectivity index (χ0v) is 15.3. The van der Waals surface area contributed by atoms with Crippen LogP contribution in [-0.2, 0) is 4.74 Å². The first-order valence-corrected chi connectivity index (χ1v) is 7.91. The number of hydrogen-bond acceptors (Lipinski definition) is 3. The maximum absolute atomic E-state index is 13.3. The van der Waals surface area contributed by atoms with Crippen molar-refractivity contribution in [1.82, 2.24) is 4.90 Å². The molecule has 0 radical (unpaired) electrons. The van der Waals surface area contributed by atoms with Gasteiger partial charge in [0, 0.05) is 24.3 Å². The van der Waals surface area contributed by atoms with E-state index in [1.54, 1.807) is 24.0 Å². The number of amides is 1. The summed E-state index contributed by atoms with van der Waals surface area (Å²) in [5, 5.41) is 3.22. The molecule has 1 aromatic carbocycles. The van der Waals surface area contributed by atoms with Gasteiger partial charge < -0.3 is 15.0 Å². The molecule has 0 fully saturated rings. The van der Waals surface area contributed by atoms with Gasteiger partial charge in [-0.2, -0.15) is 0 Å². The van der Waals surface area contributed by atoms with Crippen LogP contribution in [0, 0.1) is 12.7 Å². The number of halogens is 1. The molecule has 0 saturated carbocycles. The lowest BCUT2D eigenvalue weighted by Crippen LogP contribution is -2.49. The van der Waals surface area contributed by atoms with E-state index in [-0.39, 0.29) is 17.4 Å². The highest BCUT2D eigenvalue weighted by atomic mass is 19.1. The third-order valence-corrected chi connectivity index (χ3v) is 3.25. The quantitative estimate of drug-likeness (QED) is 0.881. The molecule has 4 nitrogen and oxygen atoms in total. The van der Waals surface area contributed by atoms with E-state index < -0.39 is 5.60 Å². The van der Waals surface area contributed by atoms with Crippen LogP contribution in [0.3, 0.4) is 0 Å². The molecule has 0 atom stereocenters. The smallest absolute Gasteiger partial charge is 0.410 e.